The Hall–Kier alpha value is -0.430. The lowest BCUT2D eigenvalue weighted by atomic mass is 10.1. The van der Waals surface area contributed by atoms with Crippen LogP contribution in [0.1, 0.15) is 22.6 Å². The zero-order valence-corrected chi connectivity index (χ0v) is 12.4. The summed E-state index contributed by atoms with van der Waals surface area (Å²) in [6.45, 7) is 5.02. The highest BCUT2D eigenvalue weighted by atomic mass is 32.2. The molecular formula is C12H19NO3S2. The maximum atomic E-state index is 12.5. The third-order valence-electron chi connectivity index (χ3n) is 3.40. The van der Waals surface area contributed by atoms with Gasteiger partial charge in [-0.1, -0.05) is 0 Å². The van der Waals surface area contributed by atoms with E-state index in [0.717, 1.165) is 16.2 Å². The topological polar surface area (TPSA) is 57.6 Å². The van der Waals surface area contributed by atoms with Crippen LogP contribution in [0.15, 0.2) is 11.0 Å². The molecule has 1 aliphatic rings. The van der Waals surface area contributed by atoms with Crippen molar-refractivity contribution in [1.82, 2.24) is 4.31 Å². The van der Waals surface area contributed by atoms with Crippen molar-refractivity contribution in [2.24, 2.45) is 5.92 Å². The van der Waals surface area contributed by atoms with Crippen LogP contribution in [0.25, 0.3) is 0 Å². The molecule has 2 heterocycles. The fourth-order valence-electron chi connectivity index (χ4n) is 2.44. The van der Waals surface area contributed by atoms with Crippen molar-refractivity contribution in [1.29, 1.82) is 0 Å². The Morgan fingerprint density at radius 1 is 1.50 bits per heavy atom. The van der Waals surface area contributed by atoms with E-state index in [-0.39, 0.29) is 6.61 Å². The van der Waals surface area contributed by atoms with Gasteiger partial charge in [0, 0.05) is 29.5 Å². The van der Waals surface area contributed by atoms with Gasteiger partial charge in [0.1, 0.15) is 0 Å². The van der Waals surface area contributed by atoms with Gasteiger partial charge in [0.25, 0.3) is 0 Å². The van der Waals surface area contributed by atoms with Crippen molar-refractivity contribution in [2.45, 2.75) is 31.6 Å². The van der Waals surface area contributed by atoms with E-state index in [1.54, 1.807) is 10.4 Å². The van der Waals surface area contributed by atoms with E-state index >= 15 is 0 Å². The number of aliphatic hydroxyl groups excluding tert-OH is 1. The van der Waals surface area contributed by atoms with Crippen molar-refractivity contribution in [3.63, 3.8) is 0 Å². The number of thiophene rings is 1. The standard InChI is InChI=1S/C12H19NO3S2/c1-9-7-12(10(2)17-9)18(15,16)13-5-3-11(8-13)4-6-14/h7,11,14H,3-6,8H2,1-2H3. The summed E-state index contributed by atoms with van der Waals surface area (Å²) in [6.07, 6.45) is 1.54. The van der Waals surface area contributed by atoms with Crippen LogP contribution in [-0.2, 0) is 10.0 Å². The van der Waals surface area contributed by atoms with E-state index in [9.17, 15) is 8.42 Å². The summed E-state index contributed by atoms with van der Waals surface area (Å²) < 4.78 is 26.5. The molecule has 1 fully saturated rings. The van der Waals surface area contributed by atoms with Gasteiger partial charge in [-0.2, -0.15) is 4.31 Å². The van der Waals surface area contributed by atoms with Crippen molar-refractivity contribution >= 4 is 21.4 Å². The number of hydrogen-bond acceptors (Lipinski definition) is 4. The average Bonchev–Trinajstić information content (AvgIpc) is 2.86. The highest BCUT2D eigenvalue weighted by molar-refractivity contribution is 7.89. The van der Waals surface area contributed by atoms with Crippen LogP contribution in [0.5, 0.6) is 0 Å². The van der Waals surface area contributed by atoms with Crippen molar-refractivity contribution in [3.8, 4) is 0 Å². The number of sulfonamides is 1. The van der Waals surface area contributed by atoms with Gasteiger partial charge < -0.3 is 5.11 Å². The number of rotatable bonds is 4. The summed E-state index contributed by atoms with van der Waals surface area (Å²) in [5.74, 6) is 0.296. The van der Waals surface area contributed by atoms with Crippen LogP contribution in [0.4, 0.5) is 0 Å². The average molecular weight is 289 g/mol. The molecule has 0 spiro atoms. The van der Waals surface area contributed by atoms with Gasteiger partial charge in [0.15, 0.2) is 0 Å². The van der Waals surface area contributed by atoms with E-state index in [4.69, 9.17) is 5.11 Å². The molecule has 1 unspecified atom stereocenters. The first kappa shape index (κ1) is 14.0. The molecule has 102 valence electrons. The van der Waals surface area contributed by atoms with Gasteiger partial charge in [-0.3, -0.25) is 0 Å². The predicted molar refractivity (Wildman–Crippen MR) is 72.4 cm³/mol. The molecule has 0 saturated carbocycles. The lowest BCUT2D eigenvalue weighted by Gasteiger charge is -2.16. The first-order valence-corrected chi connectivity index (χ1v) is 8.39. The van der Waals surface area contributed by atoms with E-state index in [0.29, 0.717) is 30.3 Å². The summed E-state index contributed by atoms with van der Waals surface area (Å²) in [5, 5.41) is 8.91. The second-order valence-electron chi connectivity index (χ2n) is 4.81. The van der Waals surface area contributed by atoms with Gasteiger partial charge >= 0.3 is 0 Å². The van der Waals surface area contributed by atoms with Gasteiger partial charge in [-0.15, -0.1) is 11.3 Å². The zero-order chi connectivity index (χ0) is 13.3. The molecule has 1 N–H and O–H groups in total. The molecule has 2 rings (SSSR count). The first-order valence-electron chi connectivity index (χ1n) is 6.13. The quantitative estimate of drug-likeness (QED) is 0.919. The van der Waals surface area contributed by atoms with Gasteiger partial charge in [-0.25, -0.2) is 8.42 Å². The Kier molecular flexibility index (Phi) is 4.11. The lowest BCUT2D eigenvalue weighted by Crippen LogP contribution is -2.29. The molecule has 4 nitrogen and oxygen atoms in total. The molecule has 0 bridgehead atoms. The largest absolute Gasteiger partial charge is 0.396 e. The number of hydrogen-bond donors (Lipinski definition) is 1. The van der Waals surface area contributed by atoms with Crippen LogP contribution in [0, 0.1) is 19.8 Å². The fraction of sp³-hybridized carbons (Fsp3) is 0.667. The summed E-state index contributed by atoms with van der Waals surface area (Å²) in [6, 6.07) is 1.76. The van der Waals surface area contributed by atoms with Crippen LogP contribution in [-0.4, -0.2) is 37.5 Å². The van der Waals surface area contributed by atoms with Crippen LogP contribution >= 0.6 is 11.3 Å². The van der Waals surface area contributed by atoms with E-state index in [1.807, 2.05) is 13.8 Å². The second kappa shape index (κ2) is 5.28. The second-order valence-corrected chi connectivity index (χ2v) is 8.17. The normalized spacial score (nSPS) is 21.6. The number of aryl methyl sites for hydroxylation is 2. The SMILES string of the molecule is Cc1cc(S(=O)(=O)N2CCC(CCO)C2)c(C)s1. The Labute approximate surface area is 112 Å². The highest BCUT2D eigenvalue weighted by Gasteiger charge is 2.33. The van der Waals surface area contributed by atoms with E-state index < -0.39 is 10.0 Å². The third kappa shape index (κ3) is 2.61. The first-order chi connectivity index (χ1) is 8.45. The summed E-state index contributed by atoms with van der Waals surface area (Å²) >= 11 is 1.52. The minimum absolute atomic E-state index is 0.134. The zero-order valence-electron chi connectivity index (χ0n) is 10.7. The molecule has 0 amide bonds. The van der Waals surface area contributed by atoms with E-state index in [1.165, 1.54) is 11.3 Å². The van der Waals surface area contributed by atoms with Crippen molar-refractivity contribution in [2.75, 3.05) is 19.7 Å². The minimum Gasteiger partial charge on any atom is -0.396 e. The predicted octanol–water partition coefficient (Wildman–Crippen LogP) is 1.76. The molecule has 0 aromatic carbocycles. The van der Waals surface area contributed by atoms with Crippen LogP contribution < -0.4 is 0 Å². The molecule has 1 aliphatic heterocycles. The summed E-state index contributed by atoms with van der Waals surface area (Å²) in [7, 11) is -3.34. The molecule has 0 radical (unpaired) electrons. The molecule has 18 heavy (non-hydrogen) atoms. The Bertz CT molecular complexity index is 521. The highest BCUT2D eigenvalue weighted by Crippen LogP contribution is 2.31. The number of nitrogens with zero attached hydrogens (tertiary/aromatic N) is 1. The lowest BCUT2D eigenvalue weighted by molar-refractivity contribution is 0.259. The molecule has 6 heteroatoms. The Balaban J connectivity index is 2.20. The maximum Gasteiger partial charge on any atom is 0.244 e. The van der Waals surface area contributed by atoms with E-state index in [2.05, 4.69) is 0 Å². The van der Waals surface area contributed by atoms with Crippen molar-refractivity contribution in [3.05, 3.63) is 15.8 Å². The fourth-order valence-corrected chi connectivity index (χ4v) is 5.49. The molecular weight excluding hydrogens is 270 g/mol. The van der Waals surface area contributed by atoms with Crippen molar-refractivity contribution < 1.29 is 13.5 Å². The Morgan fingerprint density at radius 3 is 2.78 bits per heavy atom. The van der Waals surface area contributed by atoms with Crippen LogP contribution in [0.2, 0.25) is 0 Å². The summed E-state index contributed by atoms with van der Waals surface area (Å²) in [4.78, 5) is 2.34. The molecule has 1 aromatic rings. The van der Waals surface area contributed by atoms with Gasteiger partial charge in [0.05, 0.1) is 4.90 Å². The third-order valence-corrected chi connectivity index (χ3v) is 6.49. The monoisotopic (exact) mass is 289 g/mol. The van der Waals surface area contributed by atoms with Gasteiger partial charge in [0.2, 0.25) is 10.0 Å². The van der Waals surface area contributed by atoms with Gasteiger partial charge in [-0.05, 0) is 38.7 Å². The summed E-state index contributed by atoms with van der Waals surface area (Å²) in [5.41, 5.74) is 0. The molecule has 1 aromatic heterocycles. The molecule has 1 saturated heterocycles. The Morgan fingerprint density at radius 2 is 2.22 bits per heavy atom. The molecule has 0 aliphatic carbocycles. The van der Waals surface area contributed by atoms with Crippen LogP contribution in [0.3, 0.4) is 0 Å². The minimum atomic E-state index is -3.34. The smallest absolute Gasteiger partial charge is 0.244 e. The molecule has 1 atom stereocenters. The number of aliphatic hydroxyl groups is 1. The maximum absolute atomic E-state index is 12.5.